The largest absolute Gasteiger partial charge is 0.480 e. The number of nitrogens with one attached hydrogen (secondary N) is 1. The highest BCUT2D eigenvalue weighted by atomic mass is 32.2. The van der Waals surface area contributed by atoms with Gasteiger partial charge in [-0.1, -0.05) is 91.0 Å². The molecule has 0 aliphatic heterocycles. The topological polar surface area (TPSA) is 83.5 Å². The van der Waals surface area contributed by atoms with E-state index in [1.807, 2.05) is 91.0 Å². The van der Waals surface area contributed by atoms with Gasteiger partial charge < -0.3 is 5.11 Å². The molecule has 0 spiro atoms. The van der Waals surface area contributed by atoms with Gasteiger partial charge >= 0.3 is 5.97 Å². The second kappa shape index (κ2) is 9.47. The van der Waals surface area contributed by atoms with E-state index < -0.39 is 26.8 Å². The summed E-state index contributed by atoms with van der Waals surface area (Å²) in [7, 11) is -3.67. The van der Waals surface area contributed by atoms with Crippen LogP contribution in [0.3, 0.4) is 0 Å². The highest BCUT2D eigenvalue weighted by Crippen LogP contribution is 2.48. The van der Waals surface area contributed by atoms with Crippen LogP contribution in [0.25, 0.3) is 0 Å². The molecule has 0 aliphatic carbocycles. The number of hydrogen-bond donors (Lipinski definition) is 2. The number of carboxylic acid groups (broad SMARTS) is 1. The number of carboxylic acids is 1. The minimum Gasteiger partial charge on any atom is -0.480 e. The average molecular weight is 442 g/mol. The van der Waals surface area contributed by atoms with Gasteiger partial charge in [0, 0.05) is 5.75 Å². The summed E-state index contributed by atoms with van der Waals surface area (Å²) in [6.07, 6.45) is 0.965. The maximum atomic E-state index is 11.8. The summed E-state index contributed by atoms with van der Waals surface area (Å²) in [5.74, 6) is -1.17. The second-order valence-corrected chi connectivity index (χ2v) is 9.89. The van der Waals surface area contributed by atoms with Crippen LogP contribution in [0.2, 0.25) is 0 Å². The van der Waals surface area contributed by atoms with E-state index in [-0.39, 0.29) is 5.75 Å². The van der Waals surface area contributed by atoms with E-state index >= 15 is 0 Å². The molecule has 0 aliphatic rings. The molecule has 0 saturated heterocycles. The lowest BCUT2D eigenvalue weighted by atomic mass is 9.84. The minimum absolute atomic E-state index is 0.0427. The molecule has 0 aromatic heterocycles. The maximum absolute atomic E-state index is 11.8. The lowest BCUT2D eigenvalue weighted by Gasteiger charge is -2.36. The Balaban J connectivity index is 2.15. The average Bonchev–Trinajstić information content (AvgIpc) is 2.75. The Bertz CT molecular complexity index is 975. The summed E-state index contributed by atoms with van der Waals surface area (Å²) in [6.45, 7) is 0. The van der Waals surface area contributed by atoms with Crippen LogP contribution in [0.5, 0.6) is 0 Å². The van der Waals surface area contributed by atoms with Crippen LogP contribution >= 0.6 is 11.8 Å². The number of carbonyl (C=O) groups is 1. The van der Waals surface area contributed by atoms with Gasteiger partial charge in [0.05, 0.1) is 11.0 Å². The number of rotatable bonds is 9. The fourth-order valence-corrected chi connectivity index (χ4v) is 5.75. The van der Waals surface area contributed by atoms with Crippen molar-refractivity contribution in [2.45, 2.75) is 10.8 Å². The lowest BCUT2D eigenvalue weighted by Crippen LogP contribution is -2.43. The summed E-state index contributed by atoms with van der Waals surface area (Å²) in [4.78, 5) is 11.8. The Morgan fingerprint density at radius 3 is 1.53 bits per heavy atom. The standard InChI is InChI=1S/C23H23NO4S2/c1-30(27,28)24-21(22(25)26)17-29-23(18-11-5-2-6-12-18,19-13-7-3-8-14-19)20-15-9-4-10-16-20/h2-16,21,24H,17H2,1H3,(H,25,26)/t21-/m0/s1. The van der Waals surface area contributed by atoms with Crippen molar-refractivity contribution in [3.8, 4) is 0 Å². The second-order valence-electron chi connectivity index (χ2n) is 6.87. The van der Waals surface area contributed by atoms with Crippen LogP contribution < -0.4 is 4.72 Å². The Morgan fingerprint density at radius 2 is 1.23 bits per heavy atom. The van der Waals surface area contributed by atoms with Crippen molar-refractivity contribution in [1.29, 1.82) is 0 Å². The number of aliphatic carboxylic acids is 1. The van der Waals surface area contributed by atoms with Crippen molar-refractivity contribution in [3.05, 3.63) is 108 Å². The fraction of sp³-hybridized carbons (Fsp3) is 0.174. The predicted octanol–water partition coefficient (Wildman–Crippen LogP) is 3.71. The maximum Gasteiger partial charge on any atom is 0.322 e. The molecule has 7 heteroatoms. The third-order valence-corrected chi connectivity index (χ3v) is 7.01. The van der Waals surface area contributed by atoms with Crippen molar-refractivity contribution in [2.24, 2.45) is 0 Å². The Morgan fingerprint density at radius 1 is 0.867 bits per heavy atom. The van der Waals surface area contributed by atoms with Crippen molar-refractivity contribution >= 4 is 27.8 Å². The van der Waals surface area contributed by atoms with E-state index in [4.69, 9.17) is 0 Å². The molecule has 3 aromatic rings. The zero-order valence-electron chi connectivity index (χ0n) is 16.4. The smallest absolute Gasteiger partial charge is 0.322 e. The number of hydrogen-bond acceptors (Lipinski definition) is 4. The zero-order valence-corrected chi connectivity index (χ0v) is 18.1. The normalized spacial score (nSPS) is 13.0. The van der Waals surface area contributed by atoms with Gasteiger partial charge in [0.1, 0.15) is 6.04 Å². The van der Waals surface area contributed by atoms with Crippen LogP contribution in [0.4, 0.5) is 0 Å². The van der Waals surface area contributed by atoms with E-state index in [1.54, 1.807) is 0 Å². The van der Waals surface area contributed by atoms with E-state index in [2.05, 4.69) is 4.72 Å². The van der Waals surface area contributed by atoms with E-state index in [0.29, 0.717) is 0 Å². The molecule has 156 valence electrons. The first kappa shape index (κ1) is 22.1. The van der Waals surface area contributed by atoms with Crippen molar-refractivity contribution in [3.63, 3.8) is 0 Å². The molecule has 0 bridgehead atoms. The summed E-state index contributed by atoms with van der Waals surface area (Å²) in [6, 6.07) is 28.2. The highest BCUT2D eigenvalue weighted by Gasteiger charge is 2.38. The van der Waals surface area contributed by atoms with Gasteiger partial charge in [-0.05, 0) is 16.7 Å². The molecule has 0 unspecified atom stereocenters. The summed E-state index contributed by atoms with van der Waals surface area (Å²) in [5.41, 5.74) is 2.95. The predicted molar refractivity (Wildman–Crippen MR) is 121 cm³/mol. The van der Waals surface area contributed by atoms with Gasteiger partial charge in [0.15, 0.2) is 0 Å². The fourth-order valence-electron chi connectivity index (χ4n) is 3.39. The van der Waals surface area contributed by atoms with Crippen LogP contribution in [0.1, 0.15) is 16.7 Å². The molecule has 0 radical (unpaired) electrons. The third kappa shape index (κ3) is 5.11. The lowest BCUT2D eigenvalue weighted by molar-refractivity contribution is -0.138. The van der Waals surface area contributed by atoms with Gasteiger partial charge in [-0.15, -0.1) is 11.8 Å². The Hall–Kier alpha value is -2.61. The van der Waals surface area contributed by atoms with Crippen LogP contribution in [0, 0.1) is 0 Å². The third-order valence-electron chi connectivity index (χ3n) is 4.66. The molecule has 3 rings (SSSR count). The van der Waals surface area contributed by atoms with E-state index in [0.717, 1.165) is 22.9 Å². The Labute approximate surface area is 181 Å². The molecule has 3 aromatic carbocycles. The van der Waals surface area contributed by atoms with Crippen molar-refractivity contribution < 1.29 is 18.3 Å². The quantitative estimate of drug-likeness (QED) is 0.495. The molecule has 0 fully saturated rings. The SMILES string of the molecule is CS(=O)(=O)N[C@@H](CSC(c1ccccc1)(c1ccccc1)c1ccccc1)C(=O)O. The number of thioether (sulfide) groups is 1. The summed E-state index contributed by atoms with van der Waals surface area (Å²) < 4.78 is 24.9. The minimum atomic E-state index is -3.67. The molecular weight excluding hydrogens is 418 g/mol. The first-order valence-corrected chi connectivity index (χ1v) is 12.2. The van der Waals surface area contributed by atoms with E-state index in [1.165, 1.54) is 11.8 Å². The summed E-state index contributed by atoms with van der Waals surface area (Å²) >= 11 is 1.40. The molecular formula is C23H23NO4S2. The molecule has 30 heavy (non-hydrogen) atoms. The molecule has 5 nitrogen and oxygen atoms in total. The molecule has 1 atom stereocenters. The van der Waals surface area contributed by atoms with Crippen LogP contribution in [-0.2, 0) is 19.6 Å². The zero-order chi connectivity index (χ0) is 21.6. The van der Waals surface area contributed by atoms with Gasteiger partial charge in [-0.25, -0.2) is 13.1 Å². The highest BCUT2D eigenvalue weighted by molar-refractivity contribution is 8.00. The van der Waals surface area contributed by atoms with Gasteiger partial charge in [0.25, 0.3) is 0 Å². The van der Waals surface area contributed by atoms with E-state index in [9.17, 15) is 18.3 Å². The van der Waals surface area contributed by atoms with Gasteiger partial charge in [-0.2, -0.15) is 0 Å². The molecule has 0 saturated carbocycles. The first-order chi connectivity index (χ1) is 14.3. The van der Waals surface area contributed by atoms with Crippen LogP contribution in [0.15, 0.2) is 91.0 Å². The molecule has 0 heterocycles. The van der Waals surface area contributed by atoms with Crippen molar-refractivity contribution in [2.75, 3.05) is 12.0 Å². The monoisotopic (exact) mass is 441 g/mol. The summed E-state index contributed by atoms with van der Waals surface area (Å²) in [5, 5.41) is 9.60. The molecule has 0 amide bonds. The molecule has 2 N–H and O–H groups in total. The van der Waals surface area contributed by atoms with Gasteiger partial charge in [-0.3, -0.25) is 4.79 Å². The first-order valence-electron chi connectivity index (χ1n) is 9.33. The van der Waals surface area contributed by atoms with Crippen molar-refractivity contribution in [1.82, 2.24) is 4.72 Å². The number of benzene rings is 3. The van der Waals surface area contributed by atoms with Gasteiger partial charge in [0.2, 0.25) is 10.0 Å². The Kier molecular flexibility index (Phi) is 6.97. The number of sulfonamides is 1. The van der Waals surface area contributed by atoms with Crippen LogP contribution in [-0.4, -0.2) is 37.5 Å².